The summed E-state index contributed by atoms with van der Waals surface area (Å²) in [6.07, 6.45) is 3.81. The average molecular weight is 267 g/mol. The first kappa shape index (κ1) is 16.5. The summed E-state index contributed by atoms with van der Waals surface area (Å²) >= 11 is 0. The fraction of sp³-hybridized carbons (Fsp3) is 0.875. The molecule has 112 valence electrons. The van der Waals surface area contributed by atoms with Crippen LogP contribution in [0.4, 0.5) is 0 Å². The number of allylic oxidation sites excluding steroid dienone is 1. The van der Waals surface area contributed by atoms with E-state index in [2.05, 4.69) is 49.6 Å². The molecule has 0 aromatic rings. The number of nitrogens with zero attached hydrogens (tertiary/aromatic N) is 2. The Kier molecular flexibility index (Phi) is 6.87. The summed E-state index contributed by atoms with van der Waals surface area (Å²) in [5.74, 6) is 0.767. The van der Waals surface area contributed by atoms with Crippen molar-refractivity contribution in [2.75, 3.05) is 33.7 Å². The second-order valence-corrected chi connectivity index (χ2v) is 6.74. The Hall–Kier alpha value is -0.540. The molecule has 0 heterocycles. The zero-order valence-electron chi connectivity index (χ0n) is 13.6. The maximum Gasteiger partial charge on any atom is 0.0287 e. The van der Waals surface area contributed by atoms with Crippen molar-refractivity contribution in [1.82, 2.24) is 15.1 Å². The first-order valence-corrected chi connectivity index (χ1v) is 7.69. The molecule has 0 bridgehead atoms. The van der Waals surface area contributed by atoms with Gasteiger partial charge in [0.1, 0.15) is 0 Å². The molecule has 3 heteroatoms. The van der Waals surface area contributed by atoms with Crippen molar-refractivity contribution in [3.63, 3.8) is 0 Å². The minimum atomic E-state index is 0.661. The molecule has 1 N–H and O–H groups in total. The van der Waals surface area contributed by atoms with Crippen molar-refractivity contribution in [1.29, 1.82) is 0 Å². The maximum absolute atomic E-state index is 3.91. The van der Waals surface area contributed by atoms with E-state index in [0.717, 1.165) is 17.7 Å². The summed E-state index contributed by atoms with van der Waals surface area (Å²) in [6.45, 7) is 14.2. The molecule has 0 aliphatic heterocycles. The van der Waals surface area contributed by atoms with Gasteiger partial charge in [-0.1, -0.05) is 20.4 Å². The van der Waals surface area contributed by atoms with Gasteiger partial charge in [0.2, 0.25) is 0 Å². The van der Waals surface area contributed by atoms with Gasteiger partial charge in [-0.25, -0.2) is 0 Å². The van der Waals surface area contributed by atoms with Crippen LogP contribution in [0.3, 0.4) is 0 Å². The van der Waals surface area contributed by atoms with Crippen LogP contribution in [0, 0.1) is 5.92 Å². The molecule has 0 amide bonds. The van der Waals surface area contributed by atoms with Gasteiger partial charge in [-0.3, -0.25) is 0 Å². The van der Waals surface area contributed by atoms with E-state index < -0.39 is 0 Å². The highest BCUT2D eigenvalue weighted by Crippen LogP contribution is 2.25. The molecule has 0 radical (unpaired) electrons. The lowest BCUT2D eigenvalue weighted by Gasteiger charge is -2.42. The summed E-state index contributed by atoms with van der Waals surface area (Å²) in [6, 6.07) is 1.43. The Bertz CT molecular complexity index is 269. The Morgan fingerprint density at radius 3 is 2.42 bits per heavy atom. The van der Waals surface area contributed by atoms with Crippen LogP contribution in [0.5, 0.6) is 0 Å². The third kappa shape index (κ3) is 6.44. The lowest BCUT2D eigenvalue weighted by Crippen LogP contribution is -2.51. The second kappa shape index (κ2) is 7.91. The molecular formula is C16H33N3. The molecule has 1 aliphatic carbocycles. The zero-order valence-corrected chi connectivity index (χ0v) is 13.6. The quantitative estimate of drug-likeness (QED) is 0.692. The van der Waals surface area contributed by atoms with E-state index in [0.29, 0.717) is 6.04 Å². The van der Waals surface area contributed by atoms with Gasteiger partial charge in [-0.2, -0.15) is 0 Å². The van der Waals surface area contributed by atoms with E-state index in [1.807, 2.05) is 6.92 Å². The van der Waals surface area contributed by atoms with Crippen molar-refractivity contribution in [3.8, 4) is 0 Å². The molecule has 0 aromatic carbocycles. The van der Waals surface area contributed by atoms with Gasteiger partial charge >= 0.3 is 0 Å². The second-order valence-electron chi connectivity index (χ2n) is 6.74. The van der Waals surface area contributed by atoms with Crippen LogP contribution in [-0.2, 0) is 0 Å². The molecule has 0 aromatic heterocycles. The molecule has 0 spiro atoms. The lowest BCUT2D eigenvalue weighted by atomic mass is 9.85. The van der Waals surface area contributed by atoms with E-state index in [1.54, 1.807) is 0 Å². The lowest BCUT2D eigenvalue weighted by molar-refractivity contribution is 0.121. The molecule has 0 unspecified atom stereocenters. The highest BCUT2D eigenvalue weighted by Gasteiger charge is 2.31. The summed E-state index contributed by atoms with van der Waals surface area (Å²) in [7, 11) is 4.50. The van der Waals surface area contributed by atoms with E-state index in [4.69, 9.17) is 0 Å². The number of hydrogen-bond donors (Lipinski definition) is 1. The SMILES string of the molecule is C=C(C)NC1CC(N(C)CCCN(C)CC(C)C)C1. The largest absolute Gasteiger partial charge is 0.386 e. The number of nitrogens with one attached hydrogen (secondary N) is 1. The van der Waals surface area contributed by atoms with Crippen molar-refractivity contribution in [2.45, 2.75) is 52.1 Å². The van der Waals surface area contributed by atoms with Crippen LogP contribution in [0.1, 0.15) is 40.0 Å². The maximum atomic E-state index is 3.91. The first-order chi connectivity index (χ1) is 8.88. The molecular weight excluding hydrogens is 234 g/mol. The van der Waals surface area contributed by atoms with Crippen molar-refractivity contribution >= 4 is 0 Å². The highest BCUT2D eigenvalue weighted by atomic mass is 15.2. The standard InChI is InChI=1S/C16H33N3/c1-13(2)12-18(5)8-7-9-19(6)16-10-15(11-16)17-14(3)4/h13,15-17H,3,7-12H2,1-2,4-6H3. The fourth-order valence-electron chi connectivity index (χ4n) is 2.90. The van der Waals surface area contributed by atoms with Gasteiger partial charge in [0.05, 0.1) is 0 Å². The Morgan fingerprint density at radius 2 is 1.89 bits per heavy atom. The van der Waals surface area contributed by atoms with E-state index in [9.17, 15) is 0 Å². The summed E-state index contributed by atoms with van der Waals surface area (Å²) < 4.78 is 0. The minimum absolute atomic E-state index is 0.661. The van der Waals surface area contributed by atoms with Crippen LogP contribution in [0.25, 0.3) is 0 Å². The van der Waals surface area contributed by atoms with Crippen molar-refractivity contribution in [2.24, 2.45) is 5.92 Å². The predicted molar refractivity (Wildman–Crippen MR) is 84.3 cm³/mol. The molecule has 1 saturated carbocycles. The molecule has 0 atom stereocenters. The topological polar surface area (TPSA) is 18.5 Å². The number of rotatable bonds is 9. The number of hydrogen-bond acceptors (Lipinski definition) is 3. The van der Waals surface area contributed by atoms with E-state index in [1.165, 1.54) is 38.9 Å². The van der Waals surface area contributed by atoms with Gasteiger partial charge in [-0.05, 0) is 59.3 Å². The Labute approximate surface area is 120 Å². The van der Waals surface area contributed by atoms with Crippen LogP contribution in [0.2, 0.25) is 0 Å². The smallest absolute Gasteiger partial charge is 0.0287 e. The van der Waals surface area contributed by atoms with Crippen molar-refractivity contribution < 1.29 is 0 Å². The monoisotopic (exact) mass is 267 g/mol. The summed E-state index contributed by atoms with van der Waals surface area (Å²) in [5, 5.41) is 3.43. The third-order valence-electron chi connectivity index (χ3n) is 3.91. The highest BCUT2D eigenvalue weighted by molar-refractivity contribution is 4.97. The van der Waals surface area contributed by atoms with Gasteiger partial charge in [-0.15, -0.1) is 0 Å². The fourth-order valence-corrected chi connectivity index (χ4v) is 2.90. The molecule has 0 saturated heterocycles. The summed E-state index contributed by atoms with van der Waals surface area (Å²) in [4.78, 5) is 4.98. The van der Waals surface area contributed by atoms with Crippen molar-refractivity contribution in [3.05, 3.63) is 12.3 Å². The Morgan fingerprint density at radius 1 is 1.26 bits per heavy atom. The van der Waals surface area contributed by atoms with Crippen LogP contribution < -0.4 is 5.32 Å². The van der Waals surface area contributed by atoms with E-state index >= 15 is 0 Å². The van der Waals surface area contributed by atoms with Gasteiger partial charge in [0.15, 0.2) is 0 Å². The molecule has 1 aliphatic rings. The molecule has 1 fully saturated rings. The molecule has 3 nitrogen and oxygen atoms in total. The van der Waals surface area contributed by atoms with Crippen LogP contribution in [0.15, 0.2) is 12.3 Å². The van der Waals surface area contributed by atoms with Crippen LogP contribution in [-0.4, -0.2) is 55.6 Å². The van der Waals surface area contributed by atoms with E-state index in [-0.39, 0.29) is 0 Å². The third-order valence-corrected chi connectivity index (χ3v) is 3.91. The average Bonchev–Trinajstić information content (AvgIpc) is 2.21. The van der Waals surface area contributed by atoms with Gasteiger partial charge < -0.3 is 15.1 Å². The first-order valence-electron chi connectivity index (χ1n) is 7.69. The minimum Gasteiger partial charge on any atom is -0.386 e. The van der Waals surface area contributed by atoms with Crippen LogP contribution >= 0.6 is 0 Å². The van der Waals surface area contributed by atoms with Gasteiger partial charge in [0.25, 0.3) is 0 Å². The van der Waals surface area contributed by atoms with Gasteiger partial charge in [0, 0.05) is 24.3 Å². The zero-order chi connectivity index (χ0) is 14.4. The normalized spacial score (nSPS) is 22.9. The Balaban J connectivity index is 2.06. The summed E-state index contributed by atoms with van der Waals surface area (Å²) in [5.41, 5.74) is 1.10. The molecule has 19 heavy (non-hydrogen) atoms. The predicted octanol–water partition coefficient (Wildman–Crippen LogP) is 2.55. The molecule has 1 rings (SSSR count).